The summed E-state index contributed by atoms with van der Waals surface area (Å²) in [6, 6.07) is 6.15. The van der Waals surface area contributed by atoms with Crippen molar-refractivity contribution in [1.29, 1.82) is 5.26 Å². The van der Waals surface area contributed by atoms with Gasteiger partial charge in [0.15, 0.2) is 5.82 Å². The van der Waals surface area contributed by atoms with Crippen molar-refractivity contribution in [2.24, 2.45) is 0 Å². The molecule has 1 saturated heterocycles. The van der Waals surface area contributed by atoms with E-state index in [-0.39, 0.29) is 0 Å². The van der Waals surface area contributed by atoms with E-state index in [1.807, 2.05) is 19.1 Å². The predicted octanol–water partition coefficient (Wildman–Crippen LogP) is 2.20. The number of aromatic nitrogens is 3. The number of rotatable bonds is 5. The molecule has 0 amide bonds. The summed E-state index contributed by atoms with van der Waals surface area (Å²) in [7, 11) is 1.66. The summed E-state index contributed by atoms with van der Waals surface area (Å²) in [5, 5.41) is 18.4. The van der Waals surface area contributed by atoms with Gasteiger partial charge in [-0.2, -0.15) is 10.4 Å². The van der Waals surface area contributed by atoms with Crippen molar-refractivity contribution >= 4 is 11.6 Å². The Labute approximate surface area is 154 Å². The molecule has 0 radical (unpaired) electrons. The number of hydrogen-bond acceptors (Lipinski definition) is 7. The number of ether oxygens (including phenoxy) is 1. The maximum Gasteiger partial charge on any atom is 0.169 e. The summed E-state index contributed by atoms with van der Waals surface area (Å²) in [6.45, 7) is 7.28. The van der Waals surface area contributed by atoms with E-state index in [4.69, 9.17) is 4.74 Å². The third-order valence-corrected chi connectivity index (χ3v) is 4.80. The van der Waals surface area contributed by atoms with Gasteiger partial charge in [-0.05, 0) is 24.5 Å². The number of piperazine rings is 1. The van der Waals surface area contributed by atoms with E-state index in [2.05, 4.69) is 38.0 Å². The summed E-state index contributed by atoms with van der Waals surface area (Å²) in [5.41, 5.74) is 2.62. The molecule has 3 rings (SSSR count). The Balaban J connectivity index is 1.79. The van der Waals surface area contributed by atoms with Crippen molar-refractivity contribution in [3.8, 4) is 11.8 Å². The second kappa shape index (κ2) is 8.00. The van der Waals surface area contributed by atoms with Gasteiger partial charge in [0, 0.05) is 38.4 Å². The molecule has 7 nitrogen and oxygen atoms in total. The van der Waals surface area contributed by atoms with Gasteiger partial charge < -0.3 is 14.5 Å². The maximum absolute atomic E-state index is 9.69. The maximum atomic E-state index is 9.69. The van der Waals surface area contributed by atoms with Gasteiger partial charge in [0.25, 0.3) is 0 Å². The highest BCUT2D eigenvalue weighted by Crippen LogP contribution is 2.25. The first-order valence-electron chi connectivity index (χ1n) is 9.00. The first kappa shape index (κ1) is 17.9. The highest BCUT2D eigenvalue weighted by atomic mass is 16.5. The quantitative estimate of drug-likeness (QED) is 0.816. The van der Waals surface area contributed by atoms with Crippen LogP contribution < -0.4 is 14.5 Å². The van der Waals surface area contributed by atoms with E-state index >= 15 is 0 Å². The Bertz CT molecular complexity index is 808. The van der Waals surface area contributed by atoms with Crippen molar-refractivity contribution in [1.82, 2.24) is 15.2 Å². The van der Waals surface area contributed by atoms with E-state index in [1.165, 1.54) is 0 Å². The second-order valence-electron chi connectivity index (χ2n) is 6.17. The van der Waals surface area contributed by atoms with Crippen molar-refractivity contribution in [3.63, 3.8) is 0 Å². The zero-order chi connectivity index (χ0) is 18.5. The van der Waals surface area contributed by atoms with Crippen LogP contribution in [-0.4, -0.2) is 48.5 Å². The highest BCUT2D eigenvalue weighted by Gasteiger charge is 2.24. The average Bonchev–Trinajstić information content (AvgIpc) is 2.72. The van der Waals surface area contributed by atoms with Crippen molar-refractivity contribution < 1.29 is 4.74 Å². The van der Waals surface area contributed by atoms with Crippen LogP contribution in [0.25, 0.3) is 0 Å². The minimum Gasteiger partial charge on any atom is -0.497 e. The molecule has 2 aromatic rings. The minimum atomic E-state index is 0.673. The van der Waals surface area contributed by atoms with Crippen LogP contribution in [0, 0.1) is 11.3 Å². The number of aryl methyl sites for hydroxylation is 1. The molecule has 1 fully saturated rings. The van der Waals surface area contributed by atoms with Crippen LogP contribution in [-0.2, 0) is 12.8 Å². The molecular formula is C19H24N6O. The third kappa shape index (κ3) is 3.40. The van der Waals surface area contributed by atoms with Gasteiger partial charge in [0.2, 0.25) is 0 Å². The SMILES string of the molecule is CCc1nnc(N2CCN(c3cc(OC)ccn3)CC2)c(C#N)c1CC. The monoisotopic (exact) mass is 352 g/mol. The van der Waals surface area contributed by atoms with Gasteiger partial charge in [0.05, 0.1) is 12.8 Å². The van der Waals surface area contributed by atoms with E-state index in [0.29, 0.717) is 11.4 Å². The number of pyridine rings is 1. The van der Waals surface area contributed by atoms with Gasteiger partial charge in [-0.3, -0.25) is 0 Å². The second-order valence-corrected chi connectivity index (χ2v) is 6.17. The van der Waals surface area contributed by atoms with Gasteiger partial charge >= 0.3 is 0 Å². The molecule has 2 aromatic heterocycles. The van der Waals surface area contributed by atoms with Crippen LogP contribution in [0.1, 0.15) is 30.7 Å². The average molecular weight is 352 g/mol. The van der Waals surface area contributed by atoms with E-state index < -0.39 is 0 Å². The number of hydrogen-bond donors (Lipinski definition) is 0. The number of anilines is 2. The Morgan fingerprint density at radius 3 is 2.46 bits per heavy atom. The number of nitrogens with zero attached hydrogens (tertiary/aromatic N) is 6. The number of nitriles is 1. The molecule has 0 aliphatic carbocycles. The van der Waals surface area contributed by atoms with Crippen molar-refractivity contribution in [2.75, 3.05) is 43.1 Å². The van der Waals surface area contributed by atoms with Crippen LogP contribution in [0.4, 0.5) is 11.6 Å². The van der Waals surface area contributed by atoms with E-state index in [0.717, 1.165) is 61.8 Å². The minimum absolute atomic E-state index is 0.673. The Hall–Kier alpha value is -2.88. The first-order chi connectivity index (χ1) is 12.7. The predicted molar refractivity (Wildman–Crippen MR) is 101 cm³/mol. The fourth-order valence-electron chi connectivity index (χ4n) is 3.35. The normalized spacial score (nSPS) is 14.2. The highest BCUT2D eigenvalue weighted by molar-refractivity contribution is 5.59. The van der Waals surface area contributed by atoms with Crippen LogP contribution >= 0.6 is 0 Å². The van der Waals surface area contributed by atoms with Gasteiger partial charge in [0.1, 0.15) is 23.2 Å². The fourth-order valence-corrected chi connectivity index (χ4v) is 3.35. The molecule has 26 heavy (non-hydrogen) atoms. The van der Waals surface area contributed by atoms with Crippen LogP contribution in [0.5, 0.6) is 5.75 Å². The molecular weight excluding hydrogens is 328 g/mol. The lowest BCUT2D eigenvalue weighted by molar-refractivity contribution is 0.414. The molecule has 7 heteroatoms. The van der Waals surface area contributed by atoms with E-state index in [1.54, 1.807) is 13.3 Å². The molecule has 136 valence electrons. The first-order valence-corrected chi connectivity index (χ1v) is 9.00. The van der Waals surface area contributed by atoms with Gasteiger partial charge in [-0.25, -0.2) is 4.98 Å². The summed E-state index contributed by atoms with van der Waals surface area (Å²) in [5.74, 6) is 2.42. The molecule has 0 bridgehead atoms. The Kier molecular flexibility index (Phi) is 5.52. The summed E-state index contributed by atoms with van der Waals surface area (Å²) < 4.78 is 5.28. The molecule has 0 unspecified atom stereocenters. The number of methoxy groups -OCH3 is 1. The van der Waals surface area contributed by atoms with E-state index in [9.17, 15) is 5.26 Å². The molecule has 1 aliphatic rings. The largest absolute Gasteiger partial charge is 0.497 e. The lowest BCUT2D eigenvalue weighted by Gasteiger charge is -2.36. The topological polar surface area (TPSA) is 78.2 Å². The summed E-state index contributed by atoms with van der Waals surface area (Å²) in [4.78, 5) is 8.82. The van der Waals surface area contributed by atoms with Gasteiger partial charge in [-0.15, -0.1) is 5.10 Å². The zero-order valence-corrected chi connectivity index (χ0v) is 15.6. The standard InChI is InChI=1S/C19H24N6O/c1-4-15-16(13-20)19(23-22-17(15)5-2)25-10-8-24(9-11-25)18-12-14(26-3)6-7-21-18/h6-7,12H,4-5,8-11H2,1-3H3. The molecule has 3 heterocycles. The van der Waals surface area contributed by atoms with Crippen LogP contribution in [0.3, 0.4) is 0 Å². The molecule has 0 aromatic carbocycles. The Morgan fingerprint density at radius 2 is 1.85 bits per heavy atom. The van der Waals surface area contributed by atoms with Crippen molar-refractivity contribution in [3.05, 3.63) is 35.2 Å². The molecule has 0 N–H and O–H groups in total. The lowest BCUT2D eigenvalue weighted by Crippen LogP contribution is -2.47. The zero-order valence-electron chi connectivity index (χ0n) is 15.6. The molecule has 1 aliphatic heterocycles. The summed E-state index contributed by atoms with van der Waals surface area (Å²) in [6.07, 6.45) is 3.35. The molecule has 0 spiro atoms. The fraction of sp³-hybridized carbons (Fsp3) is 0.474. The lowest BCUT2D eigenvalue weighted by atomic mass is 10.0. The van der Waals surface area contributed by atoms with Crippen LogP contribution in [0.15, 0.2) is 18.3 Å². The third-order valence-electron chi connectivity index (χ3n) is 4.80. The molecule has 0 atom stereocenters. The molecule has 0 saturated carbocycles. The Morgan fingerprint density at radius 1 is 1.12 bits per heavy atom. The smallest absolute Gasteiger partial charge is 0.169 e. The van der Waals surface area contributed by atoms with Crippen molar-refractivity contribution in [2.45, 2.75) is 26.7 Å². The summed E-state index contributed by atoms with van der Waals surface area (Å²) >= 11 is 0. The van der Waals surface area contributed by atoms with Crippen LogP contribution in [0.2, 0.25) is 0 Å². The van der Waals surface area contributed by atoms with Gasteiger partial charge in [-0.1, -0.05) is 13.8 Å².